The Morgan fingerprint density at radius 1 is 1.24 bits per heavy atom. The average molecular weight is 403 g/mol. The van der Waals surface area contributed by atoms with Crippen molar-refractivity contribution in [3.05, 3.63) is 47.4 Å². The van der Waals surface area contributed by atoms with Gasteiger partial charge >= 0.3 is 11.8 Å². The number of nitrogens with zero attached hydrogens (tertiary/aromatic N) is 3. The molecule has 2 amide bonds. The van der Waals surface area contributed by atoms with E-state index in [-0.39, 0.29) is 11.6 Å². The van der Waals surface area contributed by atoms with Gasteiger partial charge in [-0.2, -0.15) is 0 Å². The Kier molecular flexibility index (Phi) is 6.05. The lowest BCUT2D eigenvalue weighted by molar-refractivity contribution is -0.146. The number of piperidine rings is 1. The van der Waals surface area contributed by atoms with Crippen LogP contribution in [0.2, 0.25) is 0 Å². The third-order valence-corrected chi connectivity index (χ3v) is 5.07. The summed E-state index contributed by atoms with van der Waals surface area (Å²) in [5, 5.41) is 2.55. The van der Waals surface area contributed by atoms with Crippen LogP contribution in [0.25, 0.3) is 0 Å². The largest absolute Gasteiger partial charge is 0.383 e. The lowest BCUT2D eigenvalue weighted by Gasteiger charge is -2.38. The molecule has 2 unspecified atom stereocenters. The van der Waals surface area contributed by atoms with Crippen molar-refractivity contribution < 1.29 is 18.4 Å². The quantitative estimate of drug-likeness (QED) is 0.766. The topological polar surface area (TPSA) is 101 Å². The van der Waals surface area contributed by atoms with Gasteiger partial charge < -0.3 is 16.0 Å². The summed E-state index contributed by atoms with van der Waals surface area (Å²) in [4.78, 5) is 34.7. The van der Waals surface area contributed by atoms with Gasteiger partial charge in [0.1, 0.15) is 11.5 Å². The van der Waals surface area contributed by atoms with Gasteiger partial charge in [0.2, 0.25) is 0 Å². The number of pyridine rings is 2. The molecule has 0 aromatic carbocycles. The highest BCUT2D eigenvalue weighted by Crippen LogP contribution is 2.33. The number of nitrogens with one attached hydrogen (secondary N) is 1. The summed E-state index contributed by atoms with van der Waals surface area (Å²) in [5.74, 6) is -0.906. The summed E-state index contributed by atoms with van der Waals surface area (Å²) in [6.45, 7) is 4.14. The Bertz CT molecular complexity index is 904. The van der Waals surface area contributed by atoms with Crippen LogP contribution < -0.4 is 11.1 Å². The fraction of sp³-hybridized carbons (Fsp3) is 0.400. The summed E-state index contributed by atoms with van der Waals surface area (Å²) in [6, 6.07) is 4.04. The minimum atomic E-state index is -2.66. The second-order valence-electron chi connectivity index (χ2n) is 7.35. The van der Waals surface area contributed by atoms with Crippen molar-refractivity contribution in [3.63, 3.8) is 0 Å². The van der Waals surface area contributed by atoms with E-state index in [1.165, 1.54) is 23.4 Å². The number of hydrogen-bond donors (Lipinski definition) is 2. The van der Waals surface area contributed by atoms with Crippen LogP contribution in [0.1, 0.15) is 49.1 Å². The average Bonchev–Trinajstić information content (AvgIpc) is 2.70. The van der Waals surface area contributed by atoms with Crippen molar-refractivity contribution in [2.24, 2.45) is 5.92 Å². The van der Waals surface area contributed by atoms with Gasteiger partial charge in [-0.3, -0.25) is 14.6 Å². The van der Waals surface area contributed by atoms with E-state index < -0.39 is 24.3 Å². The normalized spacial score (nSPS) is 19.3. The molecule has 0 spiro atoms. The SMILES string of the molecule is Cc1cc(NC(=O)C(=O)N2CC(C)CCC2c2ccc(C(F)F)nc2)cnc1N. The predicted octanol–water partition coefficient (Wildman–Crippen LogP) is 3.24. The number of anilines is 2. The van der Waals surface area contributed by atoms with Crippen molar-refractivity contribution in [3.8, 4) is 0 Å². The molecule has 0 aliphatic carbocycles. The van der Waals surface area contributed by atoms with E-state index in [2.05, 4.69) is 15.3 Å². The van der Waals surface area contributed by atoms with Gasteiger partial charge in [-0.1, -0.05) is 13.0 Å². The molecule has 0 bridgehead atoms. The third kappa shape index (κ3) is 4.67. The van der Waals surface area contributed by atoms with Crippen LogP contribution in [-0.4, -0.2) is 33.2 Å². The van der Waals surface area contributed by atoms with Crippen LogP contribution in [-0.2, 0) is 9.59 Å². The second-order valence-corrected chi connectivity index (χ2v) is 7.35. The van der Waals surface area contributed by atoms with E-state index in [1.807, 2.05) is 6.92 Å². The minimum Gasteiger partial charge on any atom is -0.383 e. The number of alkyl halides is 2. The Morgan fingerprint density at radius 3 is 2.62 bits per heavy atom. The van der Waals surface area contributed by atoms with E-state index in [9.17, 15) is 18.4 Å². The number of amides is 2. The molecule has 7 nitrogen and oxygen atoms in total. The number of aromatic nitrogens is 2. The monoisotopic (exact) mass is 403 g/mol. The molecule has 9 heteroatoms. The van der Waals surface area contributed by atoms with Crippen molar-refractivity contribution >= 4 is 23.3 Å². The standard InChI is InChI=1S/C20H23F2N5O2/c1-11-3-6-16(13-4-5-15(17(21)22)24-8-13)27(10-11)20(29)19(28)26-14-7-12(2)18(23)25-9-14/h4-5,7-9,11,16-17H,3,6,10H2,1-2H3,(H2,23,25)(H,26,28). The van der Waals surface area contributed by atoms with E-state index in [0.717, 1.165) is 6.42 Å². The maximum Gasteiger partial charge on any atom is 0.313 e. The van der Waals surface area contributed by atoms with Crippen LogP contribution in [0, 0.1) is 12.8 Å². The zero-order valence-electron chi connectivity index (χ0n) is 16.2. The second kappa shape index (κ2) is 8.50. The number of carbonyl (C=O) groups excluding carboxylic acids is 2. The van der Waals surface area contributed by atoms with Gasteiger partial charge in [-0.15, -0.1) is 0 Å². The van der Waals surface area contributed by atoms with Crippen molar-refractivity contribution in [2.75, 3.05) is 17.6 Å². The van der Waals surface area contributed by atoms with Crippen LogP contribution in [0.15, 0.2) is 30.6 Å². The Labute approximate surface area is 167 Å². The summed E-state index contributed by atoms with van der Waals surface area (Å²) in [6.07, 6.45) is 1.56. The number of likely N-dealkylation sites (tertiary alicyclic amines) is 1. The smallest absolute Gasteiger partial charge is 0.313 e. The summed E-state index contributed by atoms with van der Waals surface area (Å²) in [7, 11) is 0. The molecule has 0 radical (unpaired) electrons. The summed E-state index contributed by atoms with van der Waals surface area (Å²) < 4.78 is 25.5. The fourth-order valence-corrected chi connectivity index (χ4v) is 3.44. The molecule has 29 heavy (non-hydrogen) atoms. The first-order valence-electron chi connectivity index (χ1n) is 9.34. The molecular formula is C20H23F2N5O2. The molecule has 3 N–H and O–H groups in total. The molecule has 1 aliphatic rings. The van der Waals surface area contributed by atoms with E-state index >= 15 is 0 Å². The molecule has 1 aliphatic heterocycles. The van der Waals surface area contributed by atoms with E-state index in [1.54, 1.807) is 19.1 Å². The van der Waals surface area contributed by atoms with Gasteiger partial charge in [-0.05, 0) is 48.9 Å². The zero-order chi connectivity index (χ0) is 21.1. The maximum atomic E-state index is 12.9. The van der Waals surface area contributed by atoms with Crippen LogP contribution in [0.4, 0.5) is 20.3 Å². The lowest BCUT2D eigenvalue weighted by atomic mass is 9.90. The van der Waals surface area contributed by atoms with Gasteiger partial charge in [0, 0.05) is 12.7 Å². The molecule has 2 aromatic heterocycles. The predicted molar refractivity (Wildman–Crippen MR) is 104 cm³/mol. The lowest BCUT2D eigenvalue weighted by Crippen LogP contribution is -2.46. The van der Waals surface area contributed by atoms with Gasteiger partial charge in [-0.25, -0.2) is 13.8 Å². The number of nitrogen functional groups attached to an aromatic ring is 1. The van der Waals surface area contributed by atoms with Crippen molar-refractivity contribution in [1.29, 1.82) is 0 Å². The first-order valence-corrected chi connectivity index (χ1v) is 9.34. The van der Waals surface area contributed by atoms with Crippen LogP contribution in [0.3, 0.4) is 0 Å². The van der Waals surface area contributed by atoms with Crippen molar-refractivity contribution in [1.82, 2.24) is 14.9 Å². The number of halogens is 2. The van der Waals surface area contributed by atoms with E-state index in [4.69, 9.17) is 5.73 Å². The maximum absolute atomic E-state index is 12.9. The molecule has 154 valence electrons. The van der Waals surface area contributed by atoms with Gasteiger partial charge in [0.05, 0.1) is 17.9 Å². The Morgan fingerprint density at radius 2 is 2.00 bits per heavy atom. The summed E-state index contributed by atoms with van der Waals surface area (Å²) in [5.41, 5.74) is 7.04. The molecule has 2 atom stereocenters. The van der Waals surface area contributed by atoms with Crippen LogP contribution >= 0.6 is 0 Å². The molecule has 1 saturated heterocycles. The zero-order valence-corrected chi connectivity index (χ0v) is 16.2. The molecule has 1 fully saturated rings. The molecule has 3 rings (SSSR count). The minimum absolute atomic E-state index is 0.219. The van der Waals surface area contributed by atoms with Crippen molar-refractivity contribution in [2.45, 2.75) is 39.2 Å². The number of nitrogens with two attached hydrogens (primary N) is 1. The third-order valence-electron chi connectivity index (χ3n) is 5.07. The highest BCUT2D eigenvalue weighted by molar-refractivity contribution is 6.39. The Balaban J connectivity index is 1.79. The number of rotatable bonds is 3. The summed E-state index contributed by atoms with van der Waals surface area (Å²) >= 11 is 0. The molecule has 2 aromatic rings. The Hall–Kier alpha value is -3.10. The first-order chi connectivity index (χ1) is 13.8. The van der Waals surface area contributed by atoms with Crippen LogP contribution in [0.5, 0.6) is 0 Å². The van der Waals surface area contributed by atoms with E-state index in [0.29, 0.717) is 35.6 Å². The van der Waals surface area contributed by atoms with Gasteiger partial charge in [0.25, 0.3) is 6.43 Å². The van der Waals surface area contributed by atoms with Gasteiger partial charge in [0.15, 0.2) is 0 Å². The number of hydrogen-bond acceptors (Lipinski definition) is 5. The molecular weight excluding hydrogens is 380 g/mol. The highest BCUT2D eigenvalue weighted by Gasteiger charge is 2.34. The number of aryl methyl sites for hydroxylation is 1. The molecule has 3 heterocycles. The molecule has 0 saturated carbocycles. The first kappa shape index (κ1) is 20.6. The fourth-order valence-electron chi connectivity index (χ4n) is 3.44. The highest BCUT2D eigenvalue weighted by atomic mass is 19.3. The number of carbonyl (C=O) groups is 2.